The molecule has 102 valence electrons. The summed E-state index contributed by atoms with van der Waals surface area (Å²) in [5, 5.41) is 4.48. The lowest BCUT2D eigenvalue weighted by Crippen LogP contribution is -2.19. The van der Waals surface area contributed by atoms with Crippen molar-refractivity contribution in [1.29, 1.82) is 0 Å². The number of hydrogen-bond donors (Lipinski definition) is 1. The van der Waals surface area contributed by atoms with Crippen LogP contribution in [-0.2, 0) is 13.1 Å². The number of benzene rings is 2. The molecule has 0 aliphatic rings. The van der Waals surface area contributed by atoms with Gasteiger partial charge < -0.3 is 9.88 Å². The summed E-state index contributed by atoms with van der Waals surface area (Å²) >= 11 is 0. The number of hydrogen-bond acceptors (Lipinski definition) is 1. The molecule has 0 bridgehead atoms. The summed E-state index contributed by atoms with van der Waals surface area (Å²) in [7, 11) is 0. The largest absolute Gasteiger partial charge is 0.346 e. The Morgan fingerprint density at radius 3 is 2.70 bits per heavy atom. The normalized spacial score (nSPS) is 11.1. The molecule has 0 spiro atoms. The topological polar surface area (TPSA) is 17.0 Å². The summed E-state index contributed by atoms with van der Waals surface area (Å²) < 4.78 is 15.4. The maximum Gasteiger partial charge on any atom is 0.125 e. The van der Waals surface area contributed by atoms with Crippen LogP contribution >= 0.6 is 0 Å². The van der Waals surface area contributed by atoms with Gasteiger partial charge in [-0.25, -0.2) is 4.39 Å². The van der Waals surface area contributed by atoms with Crippen molar-refractivity contribution in [2.24, 2.45) is 0 Å². The zero-order valence-corrected chi connectivity index (χ0v) is 11.2. The van der Waals surface area contributed by atoms with Crippen molar-refractivity contribution in [3.8, 4) is 0 Å². The molecular formula is C17H17FN2. The van der Waals surface area contributed by atoms with Crippen LogP contribution in [0.15, 0.2) is 60.8 Å². The number of nitrogens with one attached hydrogen (secondary N) is 1. The van der Waals surface area contributed by atoms with E-state index >= 15 is 0 Å². The monoisotopic (exact) mass is 268 g/mol. The minimum absolute atomic E-state index is 0.185. The van der Waals surface area contributed by atoms with Gasteiger partial charge in [-0.1, -0.05) is 30.3 Å². The molecule has 0 aliphatic heterocycles. The van der Waals surface area contributed by atoms with Crippen LogP contribution < -0.4 is 5.32 Å². The first kappa shape index (κ1) is 12.9. The van der Waals surface area contributed by atoms with E-state index in [1.807, 2.05) is 36.5 Å². The van der Waals surface area contributed by atoms with Crippen molar-refractivity contribution in [2.45, 2.75) is 13.1 Å². The zero-order chi connectivity index (χ0) is 13.8. The number of halogens is 1. The molecule has 0 saturated heterocycles. The molecule has 0 amide bonds. The van der Waals surface area contributed by atoms with Crippen LogP contribution in [0.1, 0.15) is 5.56 Å². The standard InChI is InChI=1S/C17H17FN2/c18-16-7-6-15-8-10-20(17(15)12-16)11-9-19-13-14-4-2-1-3-5-14/h1-8,10,12,19H,9,11,13H2. The van der Waals surface area contributed by atoms with Crippen molar-refractivity contribution in [3.63, 3.8) is 0 Å². The number of aromatic nitrogens is 1. The molecule has 0 aliphatic carbocycles. The van der Waals surface area contributed by atoms with Crippen molar-refractivity contribution in [1.82, 2.24) is 9.88 Å². The van der Waals surface area contributed by atoms with Gasteiger partial charge in [-0.05, 0) is 35.2 Å². The smallest absolute Gasteiger partial charge is 0.125 e. The van der Waals surface area contributed by atoms with E-state index in [-0.39, 0.29) is 5.82 Å². The van der Waals surface area contributed by atoms with Crippen molar-refractivity contribution >= 4 is 10.9 Å². The molecule has 0 unspecified atom stereocenters. The summed E-state index contributed by atoms with van der Waals surface area (Å²) in [6.07, 6.45) is 2.01. The summed E-state index contributed by atoms with van der Waals surface area (Å²) in [4.78, 5) is 0. The highest BCUT2D eigenvalue weighted by molar-refractivity contribution is 5.80. The van der Waals surface area contributed by atoms with Crippen LogP contribution in [0.2, 0.25) is 0 Å². The Bertz CT molecular complexity index is 689. The van der Waals surface area contributed by atoms with Gasteiger partial charge >= 0.3 is 0 Å². The third-order valence-corrected chi connectivity index (χ3v) is 3.44. The molecule has 20 heavy (non-hydrogen) atoms. The molecule has 3 aromatic rings. The van der Waals surface area contributed by atoms with Crippen molar-refractivity contribution < 1.29 is 4.39 Å². The minimum atomic E-state index is -0.185. The second-order valence-corrected chi connectivity index (χ2v) is 4.87. The minimum Gasteiger partial charge on any atom is -0.346 e. The van der Waals surface area contributed by atoms with E-state index in [2.05, 4.69) is 22.0 Å². The molecule has 1 N–H and O–H groups in total. The zero-order valence-electron chi connectivity index (χ0n) is 11.2. The van der Waals surface area contributed by atoms with Crippen molar-refractivity contribution in [2.75, 3.05) is 6.54 Å². The number of rotatable bonds is 5. The van der Waals surface area contributed by atoms with E-state index in [1.54, 1.807) is 6.07 Å². The number of nitrogens with zero attached hydrogens (tertiary/aromatic N) is 1. The van der Waals surface area contributed by atoms with E-state index in [0.717, 1.165) is 30.5 Å². The van der Waals surface area contributed by atoms with E-state index in [9.17, 15) is 4.39 Å². The summed E-state index contributed by atoms with van der Waals surface area (Å²) in [6.45, 7) is 2.55. The SMILES string of the molecule is Fc1ccc2ccn(CCNCc3ccccc3)c2c1. The molecule has 2 aromatic carbocycles. The number of fused-ring (bicyclic) bond motifs is 1. The fourth-order valence-corrected chi connectivity index (χ4v) is 2.38. The lowest BCUT2D eigenvalue weighted by molar-refractivity contribution is 0.605. The molecule has 3 rings (SSSR count). The van der Waals surface area contributed by atoms with Crippen LogP contribution in [0.25, 0.3) is 10.9 Å². The Morgan fingerprint density at radius 2 is 1.85 bits per heavy atom. The Morgan fingerprint density at radius 1 is 1.00 bits per heavy atom. The van der Waals surface area contributed by atoms with Gasteiger partial charge in [-0.3, -0.25) is 0 Å². The van der Waals surface area contributed by atoms with Gasteiger partial charge in [-0.2, -0.15) is 0 Å². The van der Waals surface area contributed by atoms with Gasteiger partial charge in [-0.15, -0.1) is 0 Å². The van der Waals surface area contributed by atoms with E-state index < -0.39 is 0 Å². The fraction of sp³-hybridized carbons (Fsp3) is 0.176. The quantitative estimate of drug-likeness (QED) is 0.700. The highest BCUT2D eigenvalue weighted by Crippen LogP contribution is 2.16. The highest BCUT2D eigenvalue weighted by atomic mass is 19.1. The lowest BCUT2D eigenvalue weighted by atomic mass is 10.2. The molecular weight excluding hydrogens is 251 g/mol. The van der Waals surface area contributed by atoms with Gasteiger partial charge in [0, 0.05) is 25.8 Å². The average Bonchev–Trinajstić information content (AvgIpc) is 2.87. The Labute approximate surface area is 117 Å². The summed E-state index contributed by atoms with van der Waals surface area (Å²) in [5.74, 6) is -0.185. The summed E-state index contributed by atoms with van der Waals surface area (Å²) in [6, 6.07) is 17.2. The van der Waals surface area contributed by atoms with Crippen LogP contribution in [0, 0.1) is 5.82 Å². The fourth-order valence-electron chi connectivity index (χ4n) is 2.38. The first-order valence-electron chi connectivity index (χ1n) is 6.82. The molecule has 2 nitrogen and oxygen atoms in total. The maximum atomic E-state index is 13.3. The van der Waals surface area contributed by atoms with Crippen LogP contribution in [-0.4, -0.2) is 11.1 Å². The Kier molecular flexibility index (Phi) is 3.79. The Balaban J connectivity index is 1.59. The van der Waals surface area contributed by atoms with Gasteiger partial charge in [0.15, 0.2) is 0 Å². The van der Waals surface area contributed by atoms with Gasteiger partial charge in [0.2, 0.25) is 0 Å². The molecule has 0 fully saturated rings. The predicted molar refractivity (Wildman–Crippen MR) is 80.0 cm³/mol. The second-order valence-electron chi connectivity index (χ2n) is 4.87. The lowest BCUT2D eigenvalue weighted by Gasteiger charge is -2.07. The molecule has 1 aromatic heterocycles. The predicted octanol–water partition coefficient (Wildman–Crippen LogP) is 3.57. The molecule has 3 heteroatoms. The first-order valence-corrected chi connectivity index (χ1v) is 6.82. The van der Waals surface area contributed by atoms with Crippen LogP contribution in [0.5, 0.6) is 0 Å². The highest BCUT2D eigenvalue weighted by Gasteiger charge is 2.02. The van der Waals surface area contributed by atoms with Gasteiger partial charge in [0.05, 0.1) is 5.52 Å². The third kappa shape index (κ3) is 2.89. The third-order valence-electron chi connectivity index (χ3n) is 3.44. The van der Waals surface area contributed by atoms with Gasteiger partial charge in [0.25, 0.3) is 0 Å². The summed E-state index contributed by atoms with van der Waals surface area (Å²) in [5.41, 5.74) is 2.22. The van der Waals surface area contributed by atoms with Crippen LogP contribution in [0.3, 0.4) is 0 Å². The molecule has 1 heterocycles. The van der Waals surface area contributed by atoms with Crippen LogP contribution in [0.4, 0.5) is 4.39 Å². The Hall–Kier alpha value is -2.13. The van der Waals surface area contributed by atoms with E-state index in [4.69, 9.17) is 0 Å². The maximum absolute atomic E-state index is 13.3. The first-order chi connectivity index (χ1) is 9.83. The van der Waals surface area contributed by atoms with Crippen molar-refractivity contribution in [3.05, 3.63) is 72.2 Å². The van der Waals surface area contributed by atoms with E-state index in [0.29, 0.717) is 0 Å². The molecule has 0 saturated carbocycles. The molecule has 0 atom stereocenters. The second kappa shape index (κ2) is 5.88. The van der Waals surface area contributed by atoms with Gasteiger partial charge in [0.1, 0.15) is 5.82 Å². The molecule has 0 radical (unpaired) electrons. The van der Waals surface area contributed by atoms with E-state index in [1.165, 1.54) is 11.6 Å². The average molecular weight is 268 g/mol.